The van der Waals surface area contributed by atoms with E-state index in [0.29, 0.717) is 22.4 Å². The lowest BCUT2D eigenvalue weighted by Gasteiger charge is -2.15. The summed E-state index contributed by atoms with van der Waals surface area (Å²) in [5.74, 6) is 1.25. The molecule has 7 heteroatoms. The summed E-state index contributed by atoms with van der Waals surface area (Å²) in [5, 5.41) is 3.49. The third kappa shape index (κ3) is 3.48. The van der Waals surface area contributed by atoms with Crippen LogP contribution in [0.2, 0.25) is 0 Å². The van der Waals surface area contributed by atoms with Gasteiger partial charge in [-0.25, -0.2) is 4.98 Å². The van der Waals surface area contributed by atoms with Gasteiger partial charge in [-0.05, 0) is 36.8 Å². The molecule has 138 valence electrons. The van der Waals surface area contributed by atoms with E-state index in [-0.39, 0.29) is 37.3 Å². The normalized spacial score (nSPS) is 13.5. The van der Waals surface area contributed by atoms with Crippen molar-refractivity contribution in [2.75, 3.05) is 6.79 Å². The monoisotopic (exact) mass is 365 g/mol. The number of hydrogen-bond donors (Lipinski definition) is 1. The predicted octanol–water partition coefficient (Wildman–Crippen LogP) is 2.39. The molecule has 1 aliphatic heterocycles. The van der Waals surface area contributed by atoms with Crippen molar-refractivity contribution in [2.24, 2.45) is 0 Å². The fourth-order valence-corrected chi connectivity index (χ4v) is 3.07. The predicted molar refractivity (Wildman–Crippen MR) is 99.7 cm³/mol. The minimum absolute atomic E-state index is 0.139. The van der Waals surface area contributed by atoms with Gasteiger partial charge in [0.05, 0.1) is 23.3 Å². The zero-order valence-electron chi connectivity index (χ0n) is 14.8. The number of nitrogens with zero attached hydrogens (tertiary/aromatic N) is 2. The van der Waals surface area contributed by atoms with Gasteiger partial charge in [0.1, 0.15) is 0 Å². The van der Waals surface area contributed by atoms with E-state index in [9.17, 15) is 9.59 Å². The van der Waals surface area contributed by atoms with Gasteiger partial charge in [0.2, 0.25) is 12.7 Å². The molecular weight excluding hydrogens is 346 g/mol. The molecule has 0 radical (unpaired) electrons. The molecule has 0 saturated carbocycles. The highest BCUT2D eigenvalue weighted by Crippen LogP contribution is 2.34. The minimum Gasteiger partial charge on any atom is -0.454 e. The Hall–Kier alpha value is -3.35. The average molecular weight is 365 g/mol. The van der Waals surface area contributed by atoms with Gasteiger partial charge in [0, 0.05) is 13.0 Å². The number of fused-ring (bicyclic) bond motifs is 2. The Morgan fingerprint density at radius 3 is 2.93 bits per heavy atom. The Labute approximate surface area is 155 Å². The number of benzene rings is 2. The van der Waals surface area contributed by atoms with Crippen molar-refractivity contribution in [1.29, 1.82) is 0 Å². The molecule has 0 spiro atoms. The highest BCUT2D eigenvalue weighted by atomic mass is 16.7. The van der Waals surface area contributed by atoms with E-state index in [1.807, 2.05) is 31.2 Å². The van der Waals surface area contributed by atoms with Crippen molar-refractivity contribution in [1.82, 2.24) is 14.9 Å². The molecule has 3 aromatic rings. The molecule has 1 aromatic heterocycles. The van der Waals surface area contributed by atoms with Crippen molar-refractivity contribution in [2.45, 2.75) is 25.9 Å². The highest BCUT2D eigenvalue weighted by Gasteiger charge is 2.17. The highest BCUT2D eigenvalue weighted by molar-refractivity contribution is 5.77. The van der Waals surface area contributed by atoms with Crippen molar-refractivity contribution < 1.29 is 14.3 Å². The maximum Gasteiger partial charge on any atom is 0.261 e. The number of aryl methyl sites for hydroxylation is 1. The largest absolute Gasteiger partial charge is 0.454 e. The fourth-order valence-electron chi connectivity index (χ4n) is 3.07. The summed E-state index contributed by atoms with van der Waals surface area (Å²) in [6.07, 6.45) is 1.67. The van der Waals surface area contributed by atoms with Crippen LogP contribution in [0.3, 0.4) is 0 Å². The lowest BCUT2D eigenvalue weighted by molar-refractivity contribution is -0.121. The second-order valence-electron chi connectivity index (χ2n) is 6.41. The number of nitrogens with one attached hydrogen (secondary N) is 1. The van der Waals surface area contributed by atoms with Crippen LogP contribution in [-0.4, -0.2) is 22.3 Å². The van der Waals surface area contributed by atoms with E-state index in [2.05, 4.69) is 10.3 Å². The molecule has 1 atom stereocenters. The Bertz CT molecular complexity index is 1060. The number of aromatic nitrogens is 2. The van der Waals surface area contributed by atoms with Gasteiger partial charge in [-0.3, -0.25) is 14.2 Å². The van der Waals surface area contributed by atoms with Gasteiger partial charge in [0.25, 0.3) is 5.56 Å². The molecule has 7 nitrogen and oxygen atoms in total. The van der Waals surface area contributed by atoms with Crippen LogP contribution in [0.15, 0.2) is 53.6 Å². The van der Waals surface area contributed by atoms with Crippen molar-refractivity contribution >= 4 is 16.8 Å². The first-order chi connectivity index (χ1) is 13.1. The maximum atomic E-state index is 12.5. The van der Waals surface area contributed by atoms with Gasteiger partial charge in [0.15, 0.2) is 11.5 Å². The van der Waals surface area contributed by atoms with Gasteiger partial charge in [-0.15, -0.1) is 0 Å². The number of ether oxygens (including phenoxy) is 2. The van der Waals surface area contributed by atoms with Gasteiger partial charge in [-0.1, -0.05) is 18.2 Å². The molecule has 1 aliphatic rings. The van der Waals surface area contributed by atoms with Crippen LogP contribution in [0.25, 0.3) is 10.9 Å². The second kappa shape index (κ2) is 7.11. The van der Waals surface area contributed by atoms with Crippen LogP contribution in [-0.2, 0) is 11.3 Å². The molecule has 1 N–H and O–H groups in total. The van der Waals surface area contributed by atoms with Crippen molar-refractivity contribution in [3.8, 4) is 11.5 Å². The third-order valence-corrected chi connectivity index (χ3v) is 4.59. The Morgan fingerprint density at radius 2 is 2.04 bits per heavy atom. The van der Waals surface area contributed by atoms with E-state index < -0.39 is 0 Å². The van der Waals surface area contributed by atoms with E-state index in [4.69, 9.17) is 9.47 Å². The standard InChI is InChI=1S/C20H19N3O4/c1-13(14-6-7-17-18(10-14)27-12-26-17)22-19(24)8-9-23-11-21-16-5-3-2-4-15(16)20(23)25/h2-7,10-11,13H,8-9,12H2,1H3,(H,22,24). The Morgan fingerprint density at radius 1 is 1.22 bits per heavy atom. The van der Waals surface area contributed by atoms with Crippen LogP contribution in [0, 0.1) is 0 Å². The molecule has 4 rings (SSSR count). The molecule has 1 amide bonds. The van der Waals surface area contributed by atoms with E-state index in [0.717, 1.165) is 5.56 Å². The Kier molecular flexibility index (Phi) is 4.50. The van der Waals surface area contributed by atoms with Gasteiger partial charge >= 0.3 is 0 Å². The molecule has 1 unspecified atom stereocenters. The second-order valence-corrected chi connectivity index (χ2v) is 6.41. The summed E-state index contributed by atoms with van der Waals surface area (Å²) < 4.78 is 12.1. The number of carbonyl (C=O) groups excluding carboxylic acids is 1. The minimum atomic E-state index is -0.182. The first-order valence-corrected chi connectivity index (χ1v) is 8.75. The van der Waals surface area contributed by atoms with Crippen LogP contribution in [0.5, 0.6) is 11.5 Å². The molecule has 0 aliphatic carbocycles. The van der Waals surface area contributed by atoms with Crippen LogP contribution < -0.4 is 20.3 Å². The average Bonchev–Trinajstić information content (AvgIpc) is 3.15. The van der Waals surface area contributed by atoms with E-state index in [1.165, 1.54) is 10.9 Å². The third-order valence-electron chi connectivity index (χ3n) is 4.59. The van der Waals surface area contributed by atoms with Crippen molar-refractivity contribution in [3.63, 3.8) is 0 Å². The quantitative estimate of drug-likeness (QED) is 0.751. The lowest BCUT2D eigenvalue weighted by Crippen LogP contribution is -2.29. The number of para-hydroxylation sites is 1. The first kappa shape index (κ1) is 17.1. The lowest BCUT2D eigenvalue weighted by atomic mass is 10.1. The zero-order chi connectivity index (χ0) is 18.8. The maximum absolute atomic E-state index is 12.5. The van der Waals surface area contributed by atoms with Crippen molar-refractivity contribution in [3.05, 3.63) is 64.7 Å². The van der Waals surface area contributed by atoms with E-state index in [1.54, 1.807) is 18.2 Å². The number of amides is 1. The summed E-state index contributed by atoms with van der Waals surface area (Å²) in [6.45, 7) is 2.39. The SMILES string of the molecule is CC(NC(=O)CCn1cnc2ccccc2c1=O)c1ccc2c(c1)OCO2. The summed E-state index contributed by atoms with van der Waals surface area (Å²) in [4.78, 5) is 29.0. The summed E-state index contributed by atoms with van der Waals surface area (Å²) in [5.41, 5.74) is 1.44. The molecule has 0 fully saturated rings. The molecule has 2 aromatic carbocycles. The smallest absolute Gasteiger partial charge is 0.261 e. The van der Waals surface area contributed by atoms with Gasteiger partial charge in [-0.2, -0.15) is 0 Å². The van der Waals surface area contributed by atoms with Crippen LogP contribution >= 0.6 is 0 Å². The fraction of sp³-hybridized carbons (Fsp3) is 0.250. The summed E-state index contributed by atoms with van der Waals surface area (Å²) in [6, 6.07) is 12.6. The molecule has 27 heavy (non-hydrogen) atoms. The topological polar surface area (TPSA) is 82.5 Å². The summed E-state index contributed by atoms with van der Waals surface area (Å²) in [7, 11) is 0. The van der Waals surface area contributed by atoms with Crippen LogP contribution in [0.4, 0.5) is 0 Å². The van der Waals surface area contributed by atoms with E-state index >= 15 is 0 Å². The number of carbonyl (C=O) groups is 1. The molecule has 0 bridgehead atoms. The molecular formula is C20H19N3O4. The van der Waals surface area contributed by atoms with Gasteiger partial charge < -0.3 is 14.8 Å². The zero-order valence-corrected chi connectivity index (χ0v) is 14.8. The first-order valence-electron chi connectivity index (χ1n) is 8.75. The number of hydrogen-bond acceptors (Lipinski definition) is 5. The van der Waals surface area contributed by atoms with Crippen LogP contribution in [0.1, 0.15) is 24.9 Å². The molecule has 0 saturated heterocycles. The molecule has 2 heterocycles. The number of rotatable bonds is 5. The Balaban J connectivity index is 1.40. The summed E-state index contributed by atoms with van der Waals surface area (Å²) >= 11 is 0.